The van der Waals surface area contributed by atoms with E-state index in [0.717, 1.165) is 61.3 Å². The average molecular weight is 639 g/mol. The standard InChI is InChI=1S/C36H54N4O6/c1-23(2)7-6-8-24(3)29-12-13-30-28-11-9-25-21-27(15-17-35(25,4)31(28)16-18-36(29,30)5)46-34(41)38-20-19-37-32-14-10-26(39(42)43)22-33(32)40(44)45/h9-10,14,22-24,27-31,37H,6-8,11-13,15-21H2,1-5H3,(H,38,41)/t24-,27+,28+,29-,30+,31+,35+,36-/m1/s1. The van der Waals surface area contributed by atoms with Crippen LogP contribution in [0, 0.1) is 66.6 Å². The molecule has 10 nitrogen and oxygen atoms in total. The molecule has 46 heavy (non-hydrogen) atoms. The molecule has 0 aliphatic heterocycles. The van der Waals surface area contributed by atoms with Gasteiger partial charge < -0.3 is 15.4 Å². The zero-order valence-corrected chi connectivity index (χ0v) is 28.4. The first kappa shape index (κ1) is 34.2. The number of hydrogen-bond acceptors (Lipinski definition) is 7. The van der Waals surface area contributed by atoms with E-state index in [1.165, 1.54) is 62.7 Å². The van der Waals surface area contributed by atoms with Gasteiger partial charge in [0, 0.05) is 25.6 Å². The van der Waals surface area contributed by atoms with E-state index in [4.69, 9.17) is 4.74 Å². The normalized spacial score (nSPS) is 32.4. The number of nitrogens with zero attached hydrogens (tertiary/aromatic N) is 2. The molecule has 2 N–H and O–H groups in total. The van der Waals surface area contributed by atoms with Gasteiger partial charge >= 0.3 is 6.09 Å². The van der Waals surface area contributed by atoms with E-state index in [-0.39, 0.29) is 41.7 Å². The van der Waals surface area contributed by atoms with E-state index in [1.54, 1.807) is 0 Å². The number of rotatable bonds is 12. The predicted octanol–water partition coefficient (Wildman–Crippen LogP) is 9.05. The van der Waals surface area contributed by atoms with Crippen molar-refractivity contribution in [3.63, 3.8) is 0 Å². The van der Waals surface area contributed by atoms with Gasteiger partial charge in [0.1, 0.15) is 11.8 Å². The summed E-state index contributed by atoms with van der Waals surface area (Å²) < 4.78 is 5.85. The number of anilines is 1. The fourth-order valence-corrected chi connectivity index (χ4v) is 10.2. The lowest BCUT2D eigenvalue weighted by atomic mass is 9.47. The predicted molar refractivity (Wildman–Crippen MR) is 180 cm³/mol. The highest BCUT2D eigenvalue weighted by molar-refractivity contribution is 5.68. The summed E-state index contributed by atoms with van der Waals surface area (Å²) in [6.07, 6.45) is 15.2. The number of nitro benzene ring substituents is 2. The Hall–Kier alpha value is -3.17. The summed E-state index contributed by atoms with van der Waals surface area (Å²) in [6.45, 7) is 12.7. The first-order valence-corrected chi connectivity index (χ1v) is 17.6. The molecule has 0 radical (unpaired) electrons. The maximum absolute atomic E-state index is 12.7. The van der Waals surface area contributed by atoms with Crippen LogP contribution in [0.4, 0.5) is 21.9 Å². The van der Waals surface area contributed by atoms with Crippen molar-refractivity contribution >= 4 is 23.2 Å². The lowest BCUT2D eigenvalue weighted by molar-refractivity contribution is -0.393. The van der Waals surface area contributed by atoms with Crippen molar-refractivity contribution in [2.24, 2.45) is 46.3 Å². The van der Waals surface area contributed by atoms with Gasteiger partial charge in [-0.25, -0.2) is 4.79 Å². The highest BCUT2D eigenvalue weighted by atomic mass is 16.6. The first-order chi connectivity index (χ1) is 21.8. The van der Waals surface area contributed by atoms with E-state index in [0.29, 0.717) is 11.3 Å². The molecule has 1 aromatic carbocycles. The van der Waals surface area contributed by atoms with Crippen LogP contribution < -0.4 is 10.6 Å². The molecular formula is C36H54N4O6. The van der Waals surface area contributed by atoms with Gasteiger partial charge in [-0.1, -0.05) is 65.5 Å². The molecule has 1 amide bonds. The average Bonchev–Trinajstić information content (AvgIpc) is 3.36. The molecule has 5 rings (SSSR count). The summed E-state index contributed by atoms with van der Waals surface area (Å²) >= 11 is 0. The van der Waals surface area contributed by atoms with Crippen molar-refractivity contribution in [2.75, 3.05) is 18.4 Å². The Morgan fingerprint density at radius 2 is 1.78 bits per heavy atom. The highest BCUT2D eigenvalue weighted by Gasteiger charge is 2.59. The van der Waals surface area contributed by atoms with E-state index in [1.807, 2.05) is 0 Å². The van der Waals surface area contributed by atoms with Gasteiger partial charge in [0.05, 0.1) is 15.9 Å². The van der Waals surface area contributed by atoms with Crippen LogP contribution in [-0.4, -0.2) is 35.1 Å². The molecule has 0 bridgehead atoms. The van der Waals surface area contributed by atoms with Gasteiger partial charge in [0.2, 0.25) is 0 Å². The quantitative estimate of drug-likeness (QED) is 0.101. The van der Waals surface area contributed by atoms with Crippen molar-refractivity contribution < 1.29 is 19.4 Å². The third kappa shape index (κ3) is 6.91. The number of nitro groups is 2. The largest absolute Gasteiger partial charge is 0.446 e. The molecule has 0 unspecified atom stereocenters. The summed E-state index contributed by atoms with van der Waals surface area (Å²) in [6, 6.07) is 3.45. The number of hydrogen-bond donors (Lipinski definition) is 2. The Morgan fingerprint density at radius 3 is 2.50 bits per heavy atom. The molecule has 3 fully saturated rings. The smallest absolute Gasteiger partial charge is 0.407 e. The molecule has 0 heterocycles. The molecule has 4 aliphatic carbocycles. The number of nitrogens with one attached hydrogen (secondary N) is 2. The Balaban J connectivity index is 1.12. The maximum Gasteiger partial charge on any atom is 0.407 e. The van der Waals surface area contributed by atoms with Gasteiger partial charge in [0.25, 0.3) is 11.4 Å². The molecule has 0 spiro atoms. The number of non-ortho nitro benzene ring substituents is 1. The molecule has 8 atom stereocenters. The molecule has 3 saturated carbocycles. The van der Waals surface area contributed by atoms with Gasteiger partial charge in [-0.15, -0.1) is 0 Å². The van der Waals surface area contributed by atoms with Crippen LogP contribution in [0.25, 0.3) is 0 Å². The van der Waals surface area contributed by atoms with E-state index in [2.05, 4.69) is 51.3 Å². The van der Waals surface area contributed by atoms with E-state index >= 15 is 0 Å². The molecule has 0 saturated heterocycles. The van der Waals surface area contributed by atoms with Crippen LogP contribution >= 0.6 is 0 Å². The Labute approximate surface area is 273 Å². The second-order valence-corrected chi connectivity index (χ2v) is 15.6. The summed E-state index contributed by atoms with van der Waals surface area (Å²) in [7, 11) is 0. The molecule has 0 aromatic heterocycles. The van der Waals surface area contributed by atoms with E-state index in [9.17, 15) is 25.0 Å². The fraction of sp³-hybridized carbons (Fsp3) is 0.750. The van der Waals surface area contributed by atoms with Crippen LogP contribution in [0.2, 0.25) is 0 Å². The van der Waals surface area contributed by atoms with Crippen LogP contribution in [0.3, 0.4) is 0 Å². The number of amides is 1. The second kappa shape index (κ2) is 13.9. The third-order valence-corrected chi connectivity index (χ3v) is 12.6. The topological polar surface area (TPSA) is 137 Å². The minimum Gasteiger partial charge on any atom is -0.446 e. The first-order valence-electron chi connectivity index (χ1n) is 17.6. The molecular weight excluding hydrogens is 584 g/mol. The zero-order chi connectivity index (χ0) is 33.2. The molecule has 4 aliphatic rings. The number of carbonyl (C=O) groups is 1. The molecule has 1 aromatic rings. The Morgan fingerprint density at radius 1 is 1.00 bits per heavy atom. The lowest BCUT2D eigenvalue weighted by Gasteiger charge is -2.58. The van der Waals surface area contributed by atoms with Crippen molar-refractivity contribution in [3.05, 3.63) is 50.1 Å². The van der Waals surface area contributed by atoms with Crippen LogP contribution in [0.15, 0.2) is 29.8 Å². The summed E-state index contributed by atoms with van der Waals surface area (Å²) in [4.78, 5) is 33.7. The number of allylic oxidation sites excluding steroid dienone is 1. The van der Waals surface area contributed by atoms with Crippen molar-refractivity contribution in [1.29, 1.82) is 0 Å². The SMILES string of the molecule is CC(C)CCC[C@@H](C)[C@H]1CC[C@H]2[C@@H]3CC=C4C[C@@H](OC(=O)NCCNc5ccc([N+](=O)[O-])cc5[N+](=O)[O-])CC[C@]4(C)[C@H]3CC[C@]12C. The summed E-state index contributed by atoms with van der Waals surface area (Å²) in [5.41, 5.74) is 1.56. The highest BCUT2D eigenvalue weighted by Crippen LogP contribution is 2.67. The second-order valence-electron chi connectivity index (χ2n) is 15.6. The summed E-state index contributed by atoms with van der Waals surface area (Å²) in [5.74, 6) is 4.75. The number of fused-ring (bicyclic) bond motifs is 5. The van der Waals surface area contributed by atoms with Gasteiger partial charge in [-0.05, 0) is 97.3 Å². The number of ether oxygens (including phenoxy) is 1. The number of alkyl carbamates (subject to hydrolysis) is 1. The minimum absolute atomic E-state index is 0.156. The van der Waals surface area contributed by atoms with Crippen molar-refractivity contribution in [2.45, 2.75) is 111 Å². The van der Waals surface area contributed by atoms with Crippen LogP contribution in [-0.2, 0) is 4.74 Å². The van der Waals surface area contributed by atoms with Crippen LogP contribution in [0.1, 0.15) is 105 Å². The van der Waals surface area contributed by atoms with Crippen molar-refractivity contribution in [1.82, 2.24) is 5.32 Å². The molecule has 254 valence electrons. The molecule has 10 heteroatoms. The maximum atomic E-state index is 12.7. The fourth-order valence-electron chi connectivity index (χ4n) is 10.2. The number of carbonyl (C=O) groups excluding carboxylic acids is 1. The Bertz CT molecular complexity index is 1330. The van der Waals surface area contributed by atoms with Gasteiger partial charge in [-0.3, -0.25) is 20.2 Å². The third-order valence-electron chi connectivity index (χ3n) is 12.6. The van der Waals surface area contributed by atoms with Crippen molar-refractivity contribution in [3.8, 4) is 0 Å². The zero-order valence-electron chi connectivity index (χ0n) is 28.4. The Kier molecular flexibility index (Phi) is 10.3. The minimum atomic E-state index is -0.671. The monoisotopic (exact) mass is 638 g/mol. The number of benzene rings is 1. The summed E-state index contributed by atoms with van der Waals surface area (Å²) in [5, 5.41) is 28.0. The lowest BCUT2D eigenvalue weighted by Crippen LogP contribution is -2.51. The van der Waals surface area contributed by atoms with Gasteiger partial charge in [-0.2, -0.15) is 0 Å². The van der Waals surface area contributed by atoms with E-state index < -0.39 is 15.9 Å². The van der Waals surface area contributed by atoms with Crippen LogP contribution in [0.5, 0.6) is 0 Å². The van der Waals surface area contributed by atoms with Gasteiger partial charge in [0.15, 0.2) is 0 Å².